The van der Waals surface area contributed by atoms with Crippen molar-refractivity contribution in [2.75, 3.05) is 19.0 Å². The molecule has 4 nitrogen and oxygen atoms in total. The molecule has 3 aromatic rings. The highest BCUT2D eigenvalue weighted by Gasteiger charge is 2.21. The molecule has 1 atom stereocenters. The number of rotatable bonds is 8. The second-order valence-electron chi connectivity index (χ2n) is 6.73. The van der Waals surface area contributed by atoms with E-state index in [2.05, 4.69) is 22.8 Å². The third kappa shape index (κ3) is 5.21. The summed E-state index contributed by atoms with van der Waals surface area (Å²) in [6, 6.07) is 25.3. The first-order valence-corrected chi connectivity index (χ1v) is 9.45. The summed E-state index contributed by atoms with van der Waals surface area (Å²) < 4.78 is 5.39. The van der Waals surface area contributed by atoms with E-state index in [0.29, 0.717) is 18.0 Å². The zero-order valence-corrected chi connectivity index (χ0v) is 16.3. The molecule has 0 unspecified atom stereocenters. The van der Waals surface area contributed by atoms with Crippen LogP contribution in [0, 0.1) is 6.92 Å². The molecular formula is C24H26N2O2. The van der Waals surface area contributed by atoms with Gasteiger partial charge in [0.1, 0.15) is 11.8 Å². The zero-order valence-electron chi connectivity index (χ0n) is 16.3. The number of hydrogen-bond donors (Lipinski definition) is 2. The number of amides is 1. The smallest absolute Gasteiger partial charge is 0.246 e. The van der Waals surface area contributed by atoms with Crippen LogP contribution in [0.2, 0.25) is 0 Å². The molecule has 0 aliphatic carbocycles. The molecular weight excluding hydrogens is 348 g/mol. The zero-order chi connectivity index (χ0) is 19.8. The summed E-state index contributed by atoms with van der Waals surface area (Å²) in [4.78, 5) is 13.1. The van der Waals surface area contributed by atoms with Gasteiger partial charge in [-0.2, -0.15) is 0 Å². The van der Waals surface area contributed by atoms with Crippen molar-refractivity contribution in [2.45, 2.75) is 19.4 Å². The molecule has 3 rings (SSSR count). The van der Waals surface area contributed by atoms with Crippen LogP contribution in [0.15, 0.2) is 78.9 Å². The molecule has 4 heteroatoms. The van der Waals surface area contributed by atoms with Gasteiger partial charge in [0.25, 0.3) is 0 Å². The normalized spacial score (nSPS) is 11.6. The first kappa shape index (κ1) is 19.6. The van der Waals surface area contributed by atoms with Crippen molar-refractivity contribution in [3.8, 4) is 5.75 Å². The quantitative estimate of drug-likeness (QED) is 0.610. The van der Waals surface area contributed by atoms with Gasteiger partial charge in [-0.05, 0) is 42.2 Å². The monoisotopic (exact) mass is 374 g/mol. The number of methoxy groups -OCH3 is 1. The van der Waals surface area contributed by atoms with Gasteiger partial charge in [0.2, 0.25) is 5.91 Å². The Kier molecular flexibility index (Phi) is 6.82. The Balaban J connectivity index is 1.75. The van der Waals surface area contributed by atoms with Gasteiger partial charge in [-0.1, -0.05) is 66.7 Å². The highest BCUT2D eigenvalue weighted by Crippen LogP contribution is 2.26. The fraction of sp³-hybridized carbons (Fsp3) is 0.208. The van der Waals surface area contributed by atoms with Crippen molar-refractivity contribution in [2.24, 2.45) is 0 Å². The molecule has 0 heterocycles. The summed E-state index contributed by atoms with van der Waals surface area (Å²) in [5.74, 6) is 0.540. The van der Waals surface area contributed by atoms with Gasteiger partial charge in [-0.15, -0.1) is 0 Å². The third-order valence-corrected chi connectivity index (χ3v) is 4.61. The first-order chi connectivity index (χ1) is 13.7. The Labute approximate surface area is 166 Å². The predicted octanol–water partition coefficient (Wildman–Crippen LogP) is 4.52. The average Bonchev–Trinajstić information content (AvgIpc) is 2.73. The molecule has 2 N–H and O–H groups in total. The van der Waals surface area contributed by atoms with Gasteiger partial charge in [0, 0.05) is 6.54 Å². The summed E-state index contributed by atoms with van der Waals surface area (Å²) in [5.41, 5.74) is 3.91. The van der Waals surface area contributed by atoms with Crippen molar-refractivity contribution in [1.29, 1.82) is 0 Å². The standard InChI is InChI=1S/C24H26N2O2/c1-18-13-14-22(28-2)21(17-18)26-24(27)23(20-11-7-4-8-12-20)25-16-15-19-9-5-3-6-10-19/h3-14,17,23,25H,15-16H2,1-2H3,(H,26,27)/t23-/m0/s1. The molecule has 0 spiro atoms. The van der Waals surface area contributed by atoms with E-state index in [-0.39, 0.29) is 5.91 Å². The number of hydrogen-bond acceptors (Lipinski definition) is 3. The third-order valence-electron chi connectivity index (χ3n) is 4.61. The lowest BCUT2D eigenvalue weighted by atomic mass is 10.0. The molecule has 0 radical (unpaired) electrons. The molecule has 3 aromatic carbocycles. The second-order valence-corrected chi connectivity index (χ2v) is 6.73. The molecule has 1 amide bonds. The lowest BCUT2D eigenvalue weighted by molar-refractivity contribution is -0.118. The van der Waals surface area contributed by atoms with Crippen LogP contribution in [0.25, 0.3) is 0 Å². The van der Waals surface area contributed by atoms with Crippen LogP contribution in [0.1, 0.15) is 22.7 Å². The summed E-state index contributed by atoms with van der Waals surface area (Å²) in [7, 11) is 1.60. The van der Waals surface area contributed by atoms with Crippen LogP contribution in [-0.4, -0.2) is 19.6 Å². The van der Waals surface area contributed by atoms with Crippen LogP contribution >= 0.6 is 0 Å². The Bertz CT molecular complexity index is 895. The predicted molar refractivity (Wildman–Crippen MR) is 114 cm³/mol. The molecule has 0 aliphatic heterocycles. The number of ether oxygens (including phenoxy) is 1. The fourth-order valence-corrected chi connectivity index (χ4v) is 3.14. The molecule has 28 heavy (non-hydrogen) atoms. The number of nitrogens with one attached hydrogen (secondary N) is 2. The van der Waals surface area contributed by atoms with Gasteiger partial charge in [0.05, 0.1) is 12.8 Å². The maximum absolute atomic E-state index is 13.1. The lowest BCUT2D eigenvalue weighted by Crippen LogP contribution is -2.34. The van der Waals surface area contributed by atoms with Gasteiger partial charge in [0.15, 0.2) is 0 Å². The molecule has 0 bridgehead atoms. The van der Waals surface area contributed by atoms with Gasteiger partial charge >= 0.3 is 0 Å². The molecule has 144 valence electrons. The van der Waals surface area contributed by atoms with Crippen LogP contribution in [0.5, 0.6) is 5.75 Å². The van der Waals surface area contributed by atoms with Gasteiger partial charge < -0.3 is 15.4 Å². The minimum Gasteiger partial charge on any atom is -0.495 e. The minimum atomic E-state index is -0.449. The van der Waals surface area contributed by atoms with Crippen molar-refractivity contribution >= 4 is 11.6 Å². The Hall–Kier alpha value is -3.11. The number of anilines is 1. The Morgan fingerprint density at radius 1 is 0.964 bits per heavy atom. The Morgan fingerprint density at radius 2 is 1.64 bits per heavy atom. The maximum atomic E-state index is 13.1. The Morgan fingerprint density at radius 3 is 2.32 bits per heavy atom. The molecule has 0 saturated carbocycles. The summed E-state index contributed by atoms with van der Waals surface area (Å²) >= 11 is 0. The lowest BCUT2D eigenvalue weighted by Gasteiger charge is -2.20. The average molecular weight is 374 g/mol. The summed E-state index contributed by atoms with van der Waals surface area (Å²) in [6.07, 6.45) is 0.852. The van der Waals surface area contributed by atoms with E-state index in [9.17, 15) is 4.79 Å². The van der Waals surface area contributed by atoms with Crippen LogP contribution in [0.4, 0.5) is 5.69 Å². The van der Waals surface area contributed by atoms with E-state index in [0.717, 1.165) is 17.5 Å². The van der Waals surface area contributed by atoms with Crippen LogP contribution in [-0.2, 0) is 11.2 Å². The number of carbonyl (C=O) groups excluding carboxylic acids is 1. The van der Waals surface area contributed by atoms with Crippen molar-refractivity contribution in [3.63, 3.8) is 0 Å². The second kappa shape index (κ2) is 9.72. The van der Waals surface area contributed by atoms with E-state index in [1.165, 1.54) is 5.56 Å². The molecule has 0 fully saturated rings. The van der Waals surface area contributed by atoms with E-state index in [4.69, 9.17) is 4.74 Å². The number of carbonyl (C=O) groups is 1. The largest absolute Gasteiger partial charge is 0.495 e. The van der Waals surface area contributed by atoms with E-state index in [1.807, 2.05) is 73.7 Å². The molecule has 0 aliphatic rings. The fourth-order valence-electron chi connectivity index (χ4n) is 3.14. The number of benzene rings is 3. The highest BCUT2D eigenvalue weighted by molar-refractivity contribution is 5.96. The molecule has 0 saturated heterocycles. The maximum Gasteiger partial charge on any atom is 0.246 e. The van der Waals surface area contributed by atoms with Crippen molar-refractivity contribution in [1.82, 2.24) is 5.32 Å². The minimum absolute atomic E-state index is 0.108. The SMILES string of the molecule is COc1ccc(C)cc1NC(=O)[C@@H](NCCc1ccccc1)c1ccccc1. The summed E-state index contributed by atoms with van der Waals surface area (Å²) in [5, 5.41) is 6.43. The molecule has 0 aromatic heterocycles. The first-order valence-electron chi connectivity index (χ1n) is 9.45. The van der Waals surface area contributed by atoms with Crippen molar-refractivity contribution < 1.29 is 9.53 Å². The van der Waals surface area contributed by atoms with E-state index >= 15 is 0 Å². The number of aryl methyl sites for hydroxylation is 1. The van der Waals surface area contributed by atoms with Gasteiger partial charge in [-0.3, -0.25) is 4.79 Å². The van der Waals surface area contributed by atoms with Crippen molar-refractivity contribution in [3.05, 3.63) is 95.6 Å². The van der Waals surface area contributed by atoms with Crippen LogP contribution in [0.3, 0.4) is 0 Å². The van der Waals surface area contributed by atoms with E-state index < -0.39 is 6.04 Å². The van der Waals surface area contributed by atoms with E-state index in [1.54, 1.807) is 7.11 Å². The topological polar surface area (TPSA) is 50.4 Å². The van der Waals surface area contributed by atoms with Gasteiger partial charge in [-0.25, -0.2) is 0 Å². The summed E-state index contributed by atoms with van der Waals surface area (Å²) in [6.45, 7) is 2.68. The van der Waals surface area contributed by atoms with Crippen LogP contribution < -0.4 is 15.4 Å². The highest BCUT2D eigenvalue weighted by atomic mass is 16.5.